The Morgan fingerprint density at radius 3 is 1.23 bits per heavy atom. The van der Waals surface area contributed by atoms with E-state index in [-0.39, 0.29) is 50.7 Å². The van der Waals surface area contributed by atoms with Gasteiger partial charge in [0.15, 0.2) is 11.1 Å². The highest BCUT2D eigenvalue weighted by atomic mass is 35.5. The summed E-state index contributed by atoms with van der Waals surface area (Å²) in [6.07, 6.45) is -0.424. The van der Waals surface area contributed by atoms with E-state index in [1.807, 2.05) is 0 Å². The van der Waals surface area contributed by atoms with Gasteiger partial charge in [-0.25, -0.2) is 0 Å². The van der Waals surface area contributed by atoms with E-state index in [1.54, 1.807) is 0 Å². The molecule has 0 heterocycles. The molecule has 0 radical (unpaired) electrons. The number of nitrogens with one attached hydrogen (secondary N) is 2. The first-order chi connectivity index (χ1) is 10.9. The highest BCUT2D eigenvalue weighted by Crippen LogP contribution is 2.16. The van der Waals surface area contributed by atoms with Crippen molar-refractivity contribution < 1.29 is 29.4 Å². The minimum Gasteiger partial charge on any atom is -0.481 e. The molecule has 0 unspecified atom stereocenters. The van der Waals surface area contributed by atoms with E-state index in [1.165, 1.54) is 27.7 Å². The minimum absolute atomic E-state index is 0. The van der Waals surface area contributed by atoms with Gasteiger partial charge >= 0.3 is 11.9 Å². The van der Waals surface area contributed by atoms with Crippen molar-refractivity contribution in [3.63, 3.8) is 0 Å². The maximum atomic E-state index is 12.0. The molecule has 0 aromatic heterocycles. The molecular formula is C14H26Cl2N4O6. The summed E-state index contributed by atoms with van der Waals surface area (Å²) >= 11 is 0. The molecule has 12 heteroatoms. The highest BCUT2D eigenvalue weighted by Gasteiger charge is 2.32. The standard InChI is InChI=1S/C14H24N4O6.2ClH/c1-13(2,11(23)15-7-5-9(19)20)17-18-14(3,4)12(24)16-8-6-10(21)22;;/h5-8H2,1-4H3,(H,15,23)(H,16,24)(H,19,20)(H,21,22);2*1H/b18-17+;;. The fraction of sp³-hybridized carbons (Fsp3) is 0.714. The third-order valence-electron chi connectivity index (χ3n) is 2.91. The van der Waals surface area contributed by atoms with Crippen LogP contribution in [-0.2, 0) is 19.2 Å². The lowest BCUT2D eigenvalue weighted by Gasteiger charge is -2.22. The summed E-state index contributed by atoms with van der Waals surface area (Å²) < 4.78 is 0. The van der Waals surface area contributed by atoms with Crippen LogP contribution >= 0.6 is 24.8 Å². The van der Waals surface area contributed by atoms with E-state index in [4.69, 9.17) is 10.2 Å². The lowest BCUT2D eigenvalue weighted by molar-refractivity contribution is -0.138. The van der Waals surface area contributed by atoms with Crippen LogP contribution in [0.1, 0.15) is 40.5 Å². The van der Waals surface area contributed by atoms with Gasteiger partial charge in [-0.05, 0) is 27.7 Å². The molecule has 0 fully saturated rings. The molecule has 0 aliphatic rings. The molecule has 2 amide bonds. The van der Waals surface area contributed by atoms with Crippen molar-refractivity contribution in [1.29, 1.82) is 0 Å². The third kappa shape index (κ3) is 11.6. The molecule has 0 atom stereocenters. The van der Waals surface area contributed by atoms with Crippen LogP contribution in [0.25, 0.3) is 0 Å². The number of amides is 2. The van der Waals surface area contributed by atoms with Crippen LogP contribution in [0.4, 0.5) is 0 Å². The van der Waals surface area contributed by atoms with E-state index in [0.717, 1.165) is 0 Å². The second-order valence-electron chi connectivity index (χ2n) is 6.12. The first-order valence-corrected chi connectivity index (χ1v) is 7.33. The Labute approximate surface area is 164 Å². The largest absolute Gasteiger partial charge is 0.481 e. The Bertz CT molecular complexity index is 492. The second-order valence-corrected chi connectivity index (χ2v) is 6.12. The summed E-state index contributed by atoms with van der Waals surface area (Å²) in [4.78, 5) is 44.7. The van der Waals surface area contributed by atoms with E-state index in [9.17, 15) is 19.2 Å². The lowest BCUT2D eigenvalue weighted by Crippen LogP contribution is -2.44. The number of halogens is 2. The zero-order valence-corrected chi connectivity index (χ0v) is 16.7. The van der Waals surface area contributed by atoms with Crippen LogP contribution in [0.3, 0.4) is 0 Å². The maximum absolute atomic E-state index is 12.0. The fourth-order valence-corrected chi connectivity index (χ4v) is 1.34. The molecule has 0 aliphatic carbocycles. The van der Waals surface area contributed by atoms with Crippen LogP contribution in [0.15, 0.2) is 10.2 Å². The van der Waals surface area contributed by atoms with Crippen molar-refractivity contribution in [1.82, 2.24) is 10.6 Å². The molecule has 0 aromatic rings. The quantitative estimate of drug-likeness (QED) is 0.389. The molecule has 0 spiro atoms. The molecular weight excluding hydrogens is 391 g/mol. The van der Waals surface area contributed by atoms with Crippen molar-refractivity contribution in [2.24, 2.45) is 10.2 Å². The Morgan fingerprint density at radius 1 is 0.731 bits per heavy atom. The molecule has 0 aliphatic heterocycles. The zero-order valence-electron chi connectivity index (χ0n) is 15.1. The molecule has 0 rings (SSSR count). The lowest BCUT2D eigenvalue weighted by atomic mass is 10.0. The van der Waals surface area contributed by atoms with Gasteiger partial charge in [-0.1, -0.05) is 0 Å². The summed E-state index contributed by atoms with van der Waals surface area (Å²) in [5.41, 5.74) is -2.56. The Hall–Kier alpha value is -1.94. The fourth-order valence-electron chi connectivity index (χ4n) is 1.34. The molecule has 4 N–H and O–H groups in total. The number of rotatable bonds is 10. The molecule has 26 heavy (non-hydrogen) atoms. The van der Waals surface area contributed by atoms with Crippen LogP contribution < -0.4 is 10.6 Å². The number of hydrogen-bond acceptors (Lipinski definition) is 6. The summed E-state index contributed by atoms with van der Waals surface area (Å²) in [7, 11) is 0. The van der Waals surface area contributed by atoms with Gasteiger partial charge in [-0.15, -0.1) is 24.8 Å². The van der Waals surface area contributed by atoms with E-state index in [0.29, 0.717) is 0 Å². The predicted molar refractivity (Wildman–Crippen MR) is 98.0 cm³/mol. The number of nitrogens with zero attached hydrogens (tertiary/aromatic N) is 2. The van der Waals surface area contributed by atoms with Gasteiger partial charge < -0.3 is 20.8 Å². The number of carboxylic acids is 2. The van der Waals surface area contributed by atoms with Crippen LogP contribution in [0.5, 0.6) is 0 Å². The molecule has 0 bridgehead atoms. The topological polar surface area (TPSA) is 158 Å². The number of carbonyl (C=O) groups is 4. The number of aliphatic carboxylic acids is 2. The van der Waals surface area contributed by atoms with Gasteiger partial charge in [0.2, 0.25) is 11.8 Å². The van der Waals surface area contributed by atoms with Crippen molar-refractivity contribution >= 4 is 48.6 Å². The molecule has 10 nitrogen and oxygen atoms in total. The predicted octanol–water partition coefficient (Wildman–Crippen LogP) is 1.02. The Morgan fingerprint density at radius 2 is 1.00 bits per heavy atom. The van der Waals surface area contributed by atoms with Crippen molar-refractivity contribution in [2.45, 2.75) is 51.6 Å². The average molecular weight is 417 g/mol. The Kier molecular flexibility index (Phi) is 13.8. The molecule has 0 saturated heterocycles. The summed E-state index contributed by atoms with van der Waals surface area (Å²) in [5.74, 6) is -3.10. The van der Waals surface area contributed by atoms with Gasteiger partial charge in [0.25, 0.3) is 0 Å². The minimum atomic E-state index is -1.28. The summed E-state index contributed by atoms with van der Waals surface area (Å²) in [6, 6.07) is 0. The van der Waals surface area contributed by atoms with Crippen LogP contribution in [0.2, 0.25) is 0 Å². The van der Waals surface area contributed by atoms with E-state index >= 15 is 0 Å². The number of hydrogen-bond donors (Lipinski definition) is 4. The molecule has 152 valence electrons. The summed E-state index contributed by atoms with van der Waals surface area (Å²) in [6.45, 7) is 5.84. The molecule has 0 aromatic carbocycles. The van der Waals surface area contributed by atoms with Gasteiger partial charge in [0, 0.05) is 13.1 Å². The first kappa shape index (κ1) is 28.8. The monoisotopic (exact) mass is 416 g/mol. The van der Waals surface area contributed by atoms with Crippen molar-refractivity contribution in [2.75, 3.05) is 13.1 Å². The normalized spacial score (nSPS) is 11.1. The average Bonchev–Trinajstić information content (AvgIpc) is 2.44. The highest BCUT2D eigenvalue weighted by molar-refractivity contribution is 5.87. The second kappa shape index (κ2) is 12.4. The number of carbonyl (C=O) groups excluding carboxylic acids is 2. The first-order valence-electron chi connectivity index (χ1n) is 7.33. The smallest absolute Gasteiger partial charge is 0.305 e. The zero-order chi connectivity index (χ0) is 19.0. The van der Waals surface area contributed by atoms with E-state index < -0.39 is 34.8 Å². The van der Waals surface area contributed by atoms with Gasteiger partial charge in [-0.3, -0.25) is 19.2 Å². The van der Waals surface area contributed by atoms with Crippen molar-refractivity contribution in [3.05, 3.63) is 0 Å². The SMILES string of the molecule is CC(C)(/N=N/C(C)(C)C(=O)NCCC(=O)O)C(=O)NCCC(=O)O.Cl.Cl. The third-order valence-corrected chi connectivity index (χ3v) is 2.91. The maximum Gasteiger partial charge on any atom is 0.305 e. The number of azo groups is 1. The van der Waals surface area contributed by atoms with E-state index in [2.05, 4.69) is 20.9 Å². The Balaban J connectivity index is -0.00000264. The van der Waals surface area contributed by atoms with Gasteiger partial charge in [0.05, 0.1) is 12.8 Å². The number of carboxylic acid groups (broad SMARTS) is 2. The molecule has 0 saturated carbocycles. The summed E-state index contributed by atoms with van der Waals surface area (Å²) in [5, 5.41) is 29.7. The van der Waals surface area contributed by atoms with Crippen LogP contribution in [0, 0.1) is 0 Å². The van der Waals surface area contributed by atoms with Gasteiger partial charge in [-0.2, -0.15) is 10.2 Å². The van der Waals surface area contributed by atoms with Crippen LogP contribution in [-0.4, -0.2) is 58.1 Å². The van der Waals surface area contributed by atoms with Gasteiger partial charge in [0.1, 0.15) is 0 Å². The van der Waals surface area contributed by atoms with Crippen molar-refractivity contribution in [3.8, 4) is 0 Å².